The van der Waals surface area contributed by atoms with Crippen LogP contribution in [0.15, 0.2) is 35.6 Å². The SMILES string of the molecule is CC(C)(C)C(=O)C1=C(O)C(=O)N(CC2CCCO2)C1c1ccc(F)cc1. The van der Waals surface area contributed by atoms with Crippen molar-refractivity contribution in [1.29, 1.82) is 0 Å². The molecule has 0 spiro atoms. The second kappa shape index (κ2) is 6.83. The van der Waals surface area contributed by atoms with Crippen LogP contribution < -0.4 is 0 Å². The predicted molar refractivity (Wildman–Crippen MR) is 93.9 cm³/mol. The van der Waals surface area contributed by atoms with Crippen LogP contribution in [0.2, 0.25) is 0 Å². The van der Waals surface area contributed by atoms with Crippen LogP contribution in [0.3, 0.4) is 0 Å². The van der Waals surface area contributed by atoms with Gasteiger partial charge in [-0.1, -0.05) is 32.9 Å². The van der Waals surface area contributed by atoms with Crippen LogP contribution in [0.25, 0.3) is 0 Å². The van der Waals surface area contributed by atoms with Gasteiger partial charge in [0.05, 0.1) is 17.7 Å². The van der Waals surface area contributed by atoms with Crippen molar-refractivity contribution in [1.82, 2.24) is 4.90 Å². The summed E-state index contributed by atoms with van der Waals surface area (Å²) in [6, 6.07) is 4.94. The minimum atomic E-state index is -0.762. The van der Waals surface area contributed by atoms with Gasteiger partial charge in [0, 0.05) is 18.6 Å². The maximum atomic E-state index is 13.4. The molecule has 3 rings (SSSR count). The first-order chi connectivity index (χ1) is 12.2. The monoisotopic (exact) mass is 361 g/mol. The van der Waals surface area contributed by atoms with Gasteiger partial charge in [0.1, 0.15) is 5.82 Å². The van der Waals surface area contributed by atoms with E-state index in [0.717, 1.165) is 12.8 Å². The Morgan fingerprint density at radius 2 is 1.96 bits per heavy atom. The van der Waals surface area contributed by atoms with Crippen LogP contribution >= 0.6 is 0 Å². The average Bonchev–Trinajstić information content (AvgIpc) is 3.17. The van der Waals surface area contributed by atoms with E-state index in [1.54, 1.807) is 32.9 Å². The van der Waals surface area contributed by atoms with Crippen molar-refractivity contribution in [2.45, 2.75) is 45.8 Å². The molecule has 2 atom stereocenters. The first-order valence-corrected chi connectivity index (χ1v) is 8.86. The number of carbonyl (C=O) groups is 2. The van der Waals surface area contributed by atoms with Crippen LogP contribution in [-0.4, -0.2) is 41.0 Å². The summed E-state index contributed by atoms with van der Waals surface area (Å²) in [5.41, 5.74) is -0.0941. The van der Waals surface area contributed by atoms with Crippen molar-refractivity contribution < 1.29 is 23.8 Å². The highest BCUT2D eigenvalue weighted by Gasteiger charge is 2.46. The highest BCUT2D eigenvalue weighted by Crippen LogP contribution is 2.41. The first-order valence-electron chi connectivity index (χ1n) is 8.86. The summed E-state index contributed by atoms with van der Waals surface area (Å²) in [7, 11) is 0. The molecule has 2 aliphatic rings. The molecule has 1 aromatic rings. The molecular formula is C20H24FNO4. The summed E-state index contributed by atoms with van der Waals surface area (Å²) in [5.74, 6) is -1.80. The van der Waals surface area contributed by atoms with E-state index in [-0.39, 0.29) is 24.0 Å². The van der Waals surface area contributed by atoms with Crippen LogP contribution in [0.1, 0.15) is 45.2 Å². The first kappa shape index (κ1) is 18.6. The number of ether oxygens (including phenoxy) is 1. The molecule has 0 bridgehead atoms. The van der Waals surface area contributed by atoms with E-state index in [9.17, 15) is 19.1 Å². The molecule has 2 heterocycles. The Bertz CT molecular complexity index is 742. The molecular weight excluding hydrogens is 337 g/mol. The molecule has 0 radical (unpaired) electrons. The zero-order valence-electron chi connectivity index (χ0n) is 15.3. The third-order valence-electron chi connectivity index (χ3n) is 4.84. The maximum absolute atomic E-state index is 13.4. The van der Waals surface area contributed by atoms with Crippen LogP contribution in [0.4, 0.5) is 4.39 Å². The van der Waals surface area contributed by atoms with E-state index >= 15 is 0 Å². The zero-order valence-corrected chi connectivity index (χ0v) is 15.3. The van der Waals surface area contributed by atoms with Gasteiger partial charge in [0.2, 0.25) is 0 Å². The van der Waals surface area contributed by atoms with Crippen molar-refractivity contribution >= 4 is 11.7 Å². The molecule has 2 aliphatic heterocycles. The lowest BCUT2D eigenvalue weighted by molar-refractivity contribution is -0.131. The highest BCUT2D eigenvalue weighted by molar-refractivity contribution is 6.10. The second-order valence-electron chi connectivity index (χ2n) is 7.89. The van der Waals surface area contributed by atoms with Crippen molar-refractivity contribution in [3.05, 3.63) is 47.0 Å². The number of hydrogen-bond donors (Lipinski definition) is 1. The topological polar surface area (TPSA) is 66.8 Å². The Morgan fingerprint density at radius 1 is 1.31 bits per heavy atom. The van der Waals surface area contributed by atoms with Crippen molar-refractivity contribution in [3.63, 3.8) is 0 Å². The van der Waals surface area contributed by atoms with E-state index < -0.39 is 28.9 Å². The van der Waals surface area contributed by atoms with Crippen molar-refractivity contribution in [3.8, 4) is 0 Å². The van der Waals surface area contributed by atoms with E-state index in [1.165, 1.54) is 17.0 Å². The zero-order chi connectivity index (χ0) is 19.1. The normalized spacial score (nSPS) is 23.8. The number of Topliss-reactive ketones (excluding diaryl/α,β-unsaturated/α-hetero) is 1. The molecule has 1 N–H and O–H groups in total. The number of aliphatic hydroxyl groups excluding tert-OH is 1. The van der Waals surface area contributed by atoms with Gasteiger partial charge < -0.3 is 14.7 Å². The Kier molecular flexibility index (Phi) is 4.88. The summed E-state index contributed by atoms with van der Waals surface area (Å²) in [5, 5.41) is 10.5. The number of halogens is 1. The summed E-state index contributed by atoms with van der Waals surface area (Å²) >= 11 is 0. The van der Waals surface area contributed by atoms with Gasteiger partial charge in [-0.3, -0.25) is 9.59 Å². The lowest BCUT2D eigenvalue weighted by Crippen LogP contribution is -2.38. The largest absolute Gasteiger partial charge is 0.503 e. The number of rotatable bonds is 4. The van der Waals surface area contributed by atoms with Crippen molar-refractivity contribution in [2.75, 3.05) is 13.2 Å². The minimum Gasteiger partial charge on any atom is -0.503 e. The van der Waals surface area contributed by atoms with E-state index in [1.807, 2.05) is 0 Å². The van der Waals surface area contributed by atoms with Gasteiger partial charge in [-0.25, -0.2) is 4.39 Å². The molecule has 140 valence electrons. The molecule has 1 amide bonds. The van der Waals surface area contributed by atoms with E-state index in [0.29, 0.717) is 12.2 Å². The number of ketones is 1. The average molecular weight is 361 g/mol. The van der Waals surface area contributed by atoms with Gasteiger partial charge in [0.15, 0.2) is 11.5 Å². The Balaban J connectivity index is 2.03. The summed E-state index contributed by atoms with van der Waals surface area (Å²) in [6.07, 6.45) is 1.61. The lowest BCUT2D eigenvalue weighted by atomic mass is 9.82. The molecule has 26 heavy (non-hydrogen) atoms. The molecule has 0 saturated carbocycles. The van der Waals surface area contributed by atoms with Gasteiger partial charge in [-0.15, -0.1) is 0 Å². The smallest absolute Gasteiger partial charge is 0.290 e. The fraction of sp³-hybridized carbons (Fsp3) is 0.500. The molecule has 0 aliphatic carbocycles. The van der Waals surface area contributed by atoms with Gasteiger partial charge >= 0.3 is 0 Å². The summed E-state index contributed by atoms with van der Waals surface area (Å²) < 4.78 is 19.0. The lowest BCUT2D eigenvalue weighted by Gasteiger charge is -2.30. The number of hydrogen-bond acceptors (Lipinski definition) is 4. The number of amides is 1. The van der Waals surface area contributed by atoms with Crippen LogP contribution in [-0.2, 0) is 14.3 Å². The number of aliphatic hydroxyl groups is 1. The number of benzene rings is 1. The molecule has 1 fully saturated rings. The number of carbonyl (C=O) groups excluding carboxylic acids is 2. The van der Waals surface area contributed by atoms with Crippen LogP contribution in [0.5, 0.6) is 0 Å². The summed E-state index contributed by atoms with van der Waals surface area (Å²) in [6.45, 7) is 6.15. The fourth-order valence-electron chi connectivity index (χ4n) is 3.48. The quantitative estimate of drug-likeness (QED) is 0.893. The standard InChI is InChI=1S/C20H24FNO4/c1-20(2,3)18(24)15-16(12-6-8-13(21)9-7-12)22(19(25)17(15)23)11-14-5-4-10-26-14/h6-9,14,16,23H,4-5,10-11H2,1-3H3. The fourth-order valence-corrected chi connectivity index (χ4v) is 3.48. The molecule has 2 unspecified atom stereocenters. The third-order valence-corrected chi connectivity index (χ3v) is 4.84. The van der Waals surface area contributed by atoms with Gasteiger partial charge in [-0.05, 0) is 30.5 Å². The molecule has 6 heteroatoms. The third kappa shape index (κ3) is 3.38. The Labute approximate surface area is 152 Å². The minimum absolute atomic E-state index is 0.0760. The van der Waals surface area contributed by atoms with Crippen LogP contribution in [0, 0.1) is 11.2 Å². The highest BCUT2D eigenvalue weighted by atomic mass is 19.1. The Morgan fingerprint density at radius 3 is 2.50 bits per heavy atom. The van der Waals surface area contributed by atoms with Gasteiger partial charge in [-0.2, -0.15) is 0 Å². The predicted octanol–water partition coefficient (Wildman–Crippen LogP) is 3.32. The summed E-state index contributed by atoms with van der Waals surface area (Å²) in [4.78, 5) is 27.1. The molecule has 1 aromatic carbocycles. The molecule has 0 aromatic heterocycles. The second-order valence-corrected chi connectivity index (χ2v) is 7.89. The van der Waals surface area contributed by atoms with E-state index in [2.05, 4.69) is 0 Å². The van der Waals surface area contributed by atoms with Gasteiger partial charge in [0.25, 0.3) is 5.91 Å². The maximum Gasteiger partial charge on any atom is 0.290 e. The van der Waals surface area contributed by atoms with E-state index in [4.69, 9.17) is 4.74 Å². The number of nitrogens with zero attached hydrogens (tertiary/aromatic N) is 1. The van der Waals surface area contributed by atoms with Crippen molar-refractivity contribution in [2.24, 2.45) is 5.41 Å². The Hall–Kier alpha value is -2.21. The molecule has 1 saturated heterocycles. The molecule has 5 nitrogen and oxygen atoms in total.